The highest BCUT2D eigenvalue weighted by molar-refractivity contribution is 5.67. The lowest BCUT2D eigenvalue weighted by atomic mass is 10.2. The summed E-state index contributed by atoms with van der Waals surface area (Å²) in [6, 6.07) is 0. The standard InChI is InChI=1S/C10H18N2O3/c1-10(2,3)15-9(13)12(4)6-5-7-14-8-11/h5-7H2,1-4H3. The molecule has 0 bridgehead atoms. The predicted octanol–water partition coefficient (Wildman–Crippen LogP) is 1.74. The molecule has 15 heavy (non-hydrogen) atoms. The maximum atomic E-state index is 11.4. The van der Waals surface area contributed by atoms with Crippen LogP contribution >= 0.6 is 0 Å². The molecular formula is C10H18N2O3. The Morgan fingerprint density at radius 3 is 2.53 bits per heavy atom. The third-order valence-corrected chi connectivity index (χ3v) is 1.51. The first kappa shape index (κ1) is 13.6. The van der Waals surface area contributed by atoms with Crippen LogP contribution < -0.4 is 0 Å². The van der Waals surface area contributed by atoms with Crippen LogP contribution in [-0.4, -0.2) is 36.8 Å². The van der Waals surface area contributed by atoms with Crippen molar-refractivity contribution in [1.29, 1.82) is 5.26 Å². The summed E-state index contributed by atoms with van der Waals surface area (Å²) in [6.07, 6.45) is 1.83. The molecule has 0 fully saturated rings. The number of hydrogen-bond acceptors (Lipinski definition) is 4. The number of nitriles is 1. The Hall–Kier alpha value is -1.44. The highest BCUT2D eigenvalue weighted by Crippen LogP contribution is 2.09. The lowest BCUT2D eigenvalue weighted by Crippen LogP contribution is -2.35. The van der Waals surface area contributed by atoms with Gasteiger partial charge in [-0.2, -0.15) is 5.26 Å². The van der Waals surface area contributed by atoms with Crippen LogP contribution in [0, 0.1) is 11.5 Å². The highest BCUT2D eigenvalue weighted by atomic mass is 16.6. The Bertz CT molecular complexity index is 240. The Labute approximate surface area is 90.6 Å². The van der Waals surface area contributed by atoms with Crippen LogP contribution in [0.5, 0.6) is 0 Å². The molecular weight excluding hydrogens is 196 g/mol. The molecule has 86 valence electrons. The highest BCUT2D eigenvalue weighted by Gasteiger charge is 2.18. The van der Waals surface area contributed by atoms with Crippen molar-refractivity contribution in [2.45, 2.75) is 32.8 Å². The molecule has 0 aromatic rings. The van der Waals surface area contributed by atoms with Gasteiger partial charge in [0.15, 0.2) is 0 Å². The third kappa shape index (κ3) is 7.62. The quantitative estimate of drug-likeness (QED) is 0.528. The van der Waals surface area contributed by atoms with Gasteiger partial charge < -0.3 is 14.4 Å². The zero-order valence-corrected chi connectivity index (χ0v) is 9.74. The van der Waals surface area contributed by atoms with Crippen LogP contribution in [0.1, 0.15) is 27.2 Å². The molecule has 0 heterocycles. The molecule has 5 nitrogen and oxygen atoms in total. The van der Waals surface area contributed by atoms with Crippen LogP contribution in [0.25, 0.3) is 0 Å². The van der Waals surface area contributed by atoms with Gasteiger partial charge in [0.2, 0.25) is 0 Å². The average Bonchev–Trinajstić information content (AvgIpc) is 2.09. The van der Waals surface area contributed by atoms with E-state index in [4.69, 9.17) is 10.00 Å². The summed E-state index contributed by atoms with van der Waals surface area (Å²) in [5.74, 6) is 0. The molecule has 0 atom stereocenters. The van der Waals surface area contributed by atoms with Crippen LogP contribution in [0.3, 0.4) is 0 Å². The van der Waals surface area contributed by atoms with Gasteiger partial charge in [0, 0.05) is 20.0 Å². The van der Waals surface area contributed by atoms with Gasteiger partial charge in [-0.3, -0.25) is 0 Å². The van der Waals surface area contributed by atoms with Crippen molar-refractivity contribution < 1.29 is 14.3 Å². The van der Waals surface area contributed by atoms with Crippen LogP contribution in [-0.2, 0) is 9.47 Å². The van der Waals surface area contributed by atoms with E-state index < -0.39 is 5.60 Å². The summed E-state index contributed by atoms with van der Waals surface area (Å²) in [4.78, 5) is 12.9. The molecule has 0 saturated heterocycles. The van der Waals surface area contributed by atoms with Gasteiger partial charge in [-0.05, 0) is 20.8 Å². The maximum Gasteiger partial charge on any atom is 0.410 e. The predicted molar refractivity (Wildman–Crippen MR) is 55.0 cm³/mol. The second kappa shape index (κ2) is 6.12. The number of hydrogen-bond donors (Lipinski definition) is 0. The maximum absolute atomic E-state index is 11.4. The van der Waals surface area contributed by atoms with Crippen molar-refractivity contribution in [2.75, 3.05) is 20.2 Å². The zero-order valence-electron chi connectivity index (χ0n) is 9.74. The van der Waals surface area contributed by atoms with E-state index in [1.54, 1.807) is 13.3 Å². The average molecular weight is 214 g/mol. The van der Waals surface area contributed by atoms with Crippen molar-refractivity contribution in [3.05, 3.63) is 0 Å². The van der Waals surface area contributed by atoms with E-state index in [2.05, 4.69) is 4.74 Å². The Balaban J connectivity index is 3.76. The van der Waals surface area contributed by atoms with Crippen molar-refractivity contribution in [1.82, 2.24) is 4.90 Å². The fourth-order valence-electron chi connectivity index (χ4n) is 0.851. The minimum atomic E-state index is -0.478. The smallest absolute Gasteiger partial charge is 0.410 e. The van der Waals surface area contributed by atoms with Crippen LogP contribution in [0.15, 0.2) is 0 Å². The van der Waals surface area contributed by atoms with Gasteiger partial charge >= 0.3 is 6.09 Å². The molecule has 0 rings (SSSR count). The molecule has 1 amide bonds. The fraction of sp³-hybridized carbons (Fsp3) is 0.800. The van der Waals surface area contributed by atoms with E-state index in [0.29, 0.717) is 19.6 Å². The lowest BCUT2D eigenvalue weighted by Gasteiger charge is -2.24. The minimum Gasteiger partial charge on any atom is -0.444 e. The summed E-state index contributed by atoms with van der Waals surface area (Å²) in [7, 11) is 1.65. The lowest BCUT2D eigenvalue weighted by molar-refractivity contribution is 0.0290. The monoisotopic (exact) mass is 214 g/mol. The first-order valence-corrected chi connectivity index (χ1v) is 4.82. The van der Waals surface area contributed by atoms with Crippen LogP contribution in [0.4, 0.5) is 4.79 Å². The number of nitrogens with zero attached hydrogens (tertiary/aromatic N) is 2. The SMILES string of the molecule is CN(CCCOC#N)C(=O)OC(C)(C)C. The molecule has 0 aliphatic rings. The van der Waals surface area contributed by atoms with Gasteiger partial charge in [0.1, 0.15) is 12.2 Å². The summed E-state index contributed by atoms with van der Waals surface area (Å²) >= 11 is 0. The molecule has 0 aliphatic carbocycles. The molecule has 0 N–H and O–H groups in total. The Kier molecular flexibility index (Phi) is 5.53. The summed E-state index contributed by atoms with van der Waals surface area (Å²) < 4.78 is 9.63. The van der Waals surface area contributed by atoms with Crippen molar-refractivity contribution >= 4 is 6.09 Å². The zero-order chi connectivity index (χ0) is 11.9. The summed E-state index contributed by atoms with van der Waals surface area (Å²) in [6.45, 7) is 6.28. The molecule has 0 aromatic heterocycles. The number of amides is 1. The van der Waals surface area contributed by atoms with E-state index in [1.165, 1.54) is 4.90 Å². The second-order valence-corrected chi connectivity index (χ2v) is 4.20. The Morgan fingerprint density at radius 1 is 1.47 bits per heavy atom. The summed E-state index contributed by atoms with van der Waals surface area (Å²) in [5.41, 5.74) is -0.478. The first-order chi connectivity index (χ1) is 6.87. The topological polar surface area (TPSA) is 62.6 Å². The van der Waals surface area contributed by atoms with Crippen molar-refractivity contribution in [3.8, 4) is 6.26 Å². The van der Waals surface area contributed by atoms with Crippen molar-refractivity contribution in [2.24, 2.45) is 0 Å². The number of carbonyl (C=O) groups excluding carboxylic acids is 1. The molecule has 0 aromatic carbocycles. The summed E-state index contributed by atoms with van der Waals surface area (Å²) in [5, 5.41) is 8.12. The van der Waals surface area contributed by atoms with E-state index in [1.807, 2.05) is 20.8 Å². The second-order valence-electron chi connectivity index (χ2n) is 4.20. The van der Waals surface area contributed by atoms with E-state index in [9.17, 15) is 4.79 Å². The van der Waals surface area contributed by atoms with E-state index >= 15 is 0 Å². The molecule has 0 spiro atoms. The number of carbonyl (C=O) groups is 1. The largest absolute Gasteiger partial charge is 0.444 e. The Morgan fingerprint density at radius 2 is 2.07 bits per heavy atom. The molecule has 0 saturated carbocycles. The molecule has 0 radical (unpaired) electrons. The third-order valence-electron chi connectivity index (χ3n) is 1.51. The van der Waals surface area contributed by atoms with Gasteiger partial charge in [0.05, 0.1) is 0 Å². The van der Waals surface area contributed by atoms with Gasteiger partial charge in [-0.1, -0.05) is 0 Å². The van der Waals surface area contributed by atoms with Crippen LogP contribution in [0.2, 0.25) is 0 Å². The normalized spacial score (nSPS) is 10.3. The molecule has 5 heteroatoms. The van der Waals surface area contributed by atoms with Gasteiger partial charge in [-0.25, -0.2) is 4.79 Å². The minimum absolute atomic E-state index is 0.323. The molecule has 0 unspecified atom stereocenters. The van der Waals surface area contributed by atoms with E-state index in [-0.39, 0.29) is 6.09 Å². The number of rotatable bonds is 4. The van der Waals surface area contributed by atoms with E-state index in [0.717, 1.165) is 0 Å². The molecule has 0 aliphatic heterocycles. The fourth-order valence-corrected chi connectivity index (χ4v) is 0.851. The number of ether oxygens (including phenoxy) is 2. The van der Waals surface area contributed by atoms with Gasteiger partial charge in [0.25, 0.3) is 6.26 Å². The first-order valence-electron chi connectivity index (χ1n) is 4.82. The van der Waals surface area contributed by atoms with Crippen molar-refractivity contribution in [3.63, 3.8) is 0 Å². The van der Waals surface area contributed by atoms with Gasteiger partial charge in [-0.15, -0.1) is 0 Å².